The van der Waals surface area contributed by atoms with E-state index in [0.717, 1.165) is 10.9 Å². The second-order valence-electron chi connectivity index (χ2n) is 6.24. The van der Waals surface area contributed by atoms with Crippen molar-refractivity contribution in [3.8, 4) is 29.0 Å². The Bertz CT molecular complexity index is 1190. The Morgan fingerprint density at radius 2 is 1.73 bits per heavy atom. The quantitative estimate of drug-likeness (QED) is 0.384. The van der Waals surface area contributed by atoms with Crippen LogP contribution in [0.25, 0.3) is 10.9 Å². The monoisotopic (exact) mass is 423 g/mol. The molecule has 2 heterocycles. The molecule has 0 aliphatic carbocycles. The number of hydrogen-bond acceptors (Lipinski definition) is 7. The van der Waals surface area contributed by atoms with Gasteiger partial charge in [-0.3, -0.25) is 0 Å². The minimum absolute atomic E-state index is 0.305. The van der Waals surface area contributed by atoms with Crippen LogP contribution < -0.4 is 18.9 Å². The van der Waals surface area contributed by atoms with Gasteiger partial charge in [-0.1, -0.05) is 23.7 Å². The van der Waals surface area contributed by atoms with Gasteiger partial charge in [0.05, 0.1) is 25.1 Å². The van der Waals surface area contributed by atoms with Gasteiger partial charge in [0.25, 0.3) is 0 Å². The summed E-state index contributed by atoms with van der Waals surface area (Å²) in [5, 5.41) is 1.10. The first-order valence-corrected chi connectivity index (χ1v) is 9.43. The average Bonchev–Trinajstić information content (AvgIpc) is 2.77. The van der Waals surface area contributed by atoms with Crippen molar-refractivity contribution in [2.45, 2.75) is 6.61 Å². The van der Waals surface area contributed by atoms with Crippen molar-refractivity contribution in [2.75, 3.05) is 14.2 Å². The molecule has 0 bridgehead atoms. The molecule has 30 heavy (non-hydrogen) atoms. The van der Waals surface area contributed by atoms with Crippen LogP contribution >= 0.6 is 11.6 Å². The molecule has 0 unspecified atom stereocenters. The highest BCUT2D eigenvalue weighted by molar-refractivity contribution is 6.29. The van der Waals surface area contributed by atoms with Crippen LogP contribution in [0.2, 0.25) is 5.15 Å². The van der Waals surface area contributed by atoms with Gasteiger partial charge in [0.1, 0.15) is 23.8 Å². The van der Waals surface area contributed by atoms with E-state index < -0.39 is 0 Å². The predicted octanol–water partition coefficient (Wildman–Crippen LogP) is 5.07. The van der Waals surface area contributed by atoms with Crippen molar-refractivity contribution in [1.29, 1.82) is 0 Å². The molecule has 0 spiro atoms. The third kappa shape index (κ3) is 4.36. The second-order valence-corrected chi connectivity index (χ2v) is 6.63. The van der Waals surface area contributed by atoms with Gasteiger partial charge < -0.3 is 18.9 Å². The molecule has 0 aliphatic rings. The van der Waals surface area contributed by atoms with Gasteiger partial charge in [0, 0.05) is 12.1 Å². The Kier molecular flexibility index (Phi) is 5.81. The lowest BCUT2D eigenvalue weighted by Gasteiger charge is -2.12. The zero-order valence-electron chi connectivity index (χ0n) is 16.3. The van der Waals surface area contributed by atoms with Gasteiger partial charge >= 0.3 is 0 Å². The van der Waals surface area contributed by atoms with E-state index in [2.05, 4.69) is 15.0 Å². The standard InChI is InChI=1S/C22H18ClN3O4/c1-27-18-5-3-4-6-19(18)30-22-16-8-7-15(11-17(16)24-13-25-22)29-12-14-9-20(23)26-21(10-14)28-2/h3-11,13H,12H2,1-2H3. The number of ether oxygens (including phenoxy) is 4. The smallest absolute Gasteiger partial charge is 0.230 e. The normalized spacial score (nSPS) is 10.6. The number of rotatable bonds is 7. The molecule has 2 aromatic carbocycles. The zero-order chi connectivity index (χ0) is 20.9. The lowest BCUT2D eigenvalue weighted by Crippen LogP contribution is -1.98. The summed E-state index contributed by atoms with van der Waals surface area (Å²) in [5.74, 6) is 2.71. The first-order chi connectivity index (χ1) is 14.7. The Labute approximate surface area is 178 Å². The number of halogens is 1. The topological polar surface area (TPSA) is 75.6 Å². The fraction of sp³-hybridized carbons (Fsp3) is 0.136. The Morgan fingerprint density at radius 1 is 0.900 bits per heavy atom. The maximum Gasteiger partial charge on any atom is 0.230 e. The fourth-order valence-corrected chi connectivity index (χ4v) is 3.09. The lowest BCUT2D eigenvalue weighted by atomic mass is 10.2. The molecule has 0 saturated carbocycles. The van der Waals surface area contributed by atoms with Gasteiger partial charge in [0.2, 0.25) is 11.8 Å². The third-order valence-electron chi connectivity index (χ3n) is 4.29. The molecule has 0 atom stereocenters. The van der Waals surface area contributed by atoms with Crippen molar-refractivity contribution in [3.05, 3.63) is 71.6 Å². The zero-order valence-corrected chi connectivity index (χ0v) is 17.1. The summed E-state index contributed by atoms with van der Waals surface area (Å²) < 4.78 is 22.3. The number of para-hydroxylation sites is 2. The molecule has 0 saturated heterocycles. The van der Waals surface area contributed by atoms with Crippen molar-refractivity contribution < 1.29 is 18.9 Å². The van der Waals surface area contributed by atoms with E-state index in [1.807, 2.05) is 42.5 Å². The molecule has 0 radical (unpaired) electrons. The molecule has 0 amide bonds. The van der Waals surface area contributed by atoms with Crippen LogP contribution in [0.5, 0.6) is 29.0 Å². The molecule has 0 aliphatic heterocycles. The van der Waals surface area contributed by atoms with Crippen molar-refractivity contribution in [1.82, 2.24) is 15.0 Å². The highest BCUT2D eigenvalue weighted by Gasteiger charge is 2.11. The van der Waals surface area contributed by atoms with E-state index in [4.69, 9.17) is 30.5 Å². The SMILES string of the molecule is COc1cc(COc2ccc3c(Oc4ccccc4OC)ncnc3c2)cc(Cl)n1. The summed E-state index contributed by atoms with van der Waals surface area (Å²) in [5.41, 5.74) is 1.53. The number of nitrogens with zero attached hydrogens (tertiary/aromatic N) is 3. The molecule has 8 heteroatoms. The predicted molar refractivity (Wildman–Crippen MR) is 113 cm³/mol. The highest BCUT2D eigenvalue weighted by Crippen LogP contribution is 2.34. The van der Waals surface area contributed by atoms with Crippen LogP contribution in [0.3, 0.4) is 0 Å². The molecule has 4 aromatic rings. The van der Waals surface area contributed by atoms with E-state index in [0.29, 0.717) is 46.3 Å². The average molecular weight is 424 g/mol. The molecule has 2 aromatic heterocycles. The van der Waals surface area contributed by atoms with E-state index in [1.165, 1.54) is 13.4 Å². The van der Waals surface area contributed by atoms with Gasteiger partial charge in [-0.25, -0.2) is 15.0 Å². The number of benzene rings is 2. The number of fused-ring (bicyclic) bond motifs is 1. The minimum atomic E-state index is 0.305. The van der Waals surface area contributed by atoms with Crippen LogP contribution in [-0.2, 0) is 6.61 Å². The van der Waals surface area contributed by atoms with Crippen LogP contribution in [0.1, 0.15) is 5.56 Å². The molecule has 0 fully saturated rings. The Morgan fingerprint density at radius 3 is 2.53 bits per heavy atom. The lowest BCUT2D eigenvalue weighted by molar-refractivity contribution is 0.305. The first-order valence-electron chi connectivity index (χ1n) is 9.05. The maximum atomic E-state index is 6.01. The summed E-state index contributed by atoms with van der Waals surface area (Å²) in [7, 11) is 3.13. The molecule has 7 nitrogen and oxygen atoms in total. The number of hydrogen-bond donors (Lipinski definition) is 0. The fourth-order valence-electron chi connectivity index (χ4n) is 2.87. The van der Waals surface area contributed by atoms with E-state index in [9.17, 15) is 0 Å². The van der Waals surface area contributed by atoms with Crippen molar-refractivity contribution in [3.63, 3.8) is 0 Å². The number of pyridine rings is 1. The molecule has 152 valence electrons. The molecular weight excluding hydrogens is 406 g/mol. The van der Waals surface area contributed by atoms with Crippen molar-refractivity contribution in [2.24, 2.45) is 0 Å². The number of aromatic nitrogens is 3. The van der Waals surface area contributed by atoms with Gasteiger partial charge in [0.15, 0.2) is 11.5 Å². The Hall–Kier alpha value is -3.58. The third-order valence-corrected chi connectivity index (χ3v) is 4.49. The van der Waals surface area contributed by atoms with Gasteiger partial charge in [-0.15, -0.1) is 0 Å². The first kappa shape index (κ1) is 19.7. The van der Waals surface area contributed by atoms with Crippen LogP contribution in [-0.4, -0.2) is 29.2 Å². The summed E-state index contributed by atoms with van der Waals surface area (Å²) in [6.45, 7) is 0.305. The van der Waals surface area contributed by atoms with Gasteiger partial charge in [-0.2, -0.15) is 0 Å². The van der Waals surface area contributed by atoms with Crippen LogP contribution in [0.15, 0.2) is 60.9 Å². The van der Waals surface area contributed by atoms with E-state index in [1.54, 1.807) is 19.2 Å². The van der Waals surface area contributed by atoms with E-state index in [-0.39, 0.29) is 0 Å². The summed E-state index contributed by atoms with van der Waals surface area (Å²) in [6.07, 6.45) is 1.45. The Balaban J connectivity index is 1.56. The summed E-state index contributed by atoms with van der Waals surface area (Å²) in [4.78, 5) is 12.6. The van der Waals surface area contributed by atoms with Crippen LogP contribution in [0.4, 0.5) is 0 Å². The number of methoxy groups -OCH3 is 2. The molecule has 0 N–H and O–H groups in total. The van der Waals surface area contributed by atoms with Gasteiger partial charge in [-0.05, 0) is 35.9 Å². The second kappa shape index (κ2) is 8.84. The van der Waals surface area contributed by atoms with Crippen LogP contribution in [0, 0.1) is 0 Å². The summed E-state index contributed by atoms with van der Waals surface area (Å²) in [6, 6.07) is 16.4. The minimum Gasteiger partial charge on any atom is -0.493 e. The highest BCUT2D eigenvalue weighted by atomic mass is 35.5. The summed E-state index contributed by atoms with van der Waals surface area (Å²) >= 11 is 6.01. The molecule has 4 rings (SSSR count). The van der Waals surface area contributed by atoms with E-state index >= 15 is 0 Å². The molecular formula is C22H18ClN3O4. The van der Waals surface area contributed by atoms with Crippen molar-refractivity contribution >= 4 is 22.5 Å². The largest absolute Gasteiger partial charge is 0.493 e. The maximum absolute atomic E-state index is 6.01.